The Labute approximate surface area is 73.4 Å². The summed E-state index contributed by atoms with van der Waals surface area (Å²) >= 11 is 6.77. The molecular weight excluding hydrogens is 184 g/mol. The van der Waals surface area contributed by atoms with Crippen LogP contribution < -0.4 is 5.32 Å². The molecule has 0 fully saturated rings. The molecule has 1 N–H and O–H groups in total. The highest BCUT2D eigenvalue weighted by Gasteiger charge is 2.07. The highest BCUT2D eigenvalue weighted by atomic mass is 35.5. The van der Waals surface area contributed by atoms with Crippen LogP contribution in [0.5, 0.6) is 0 Å². The molecule has 1 aromatic rings. The Balaban J connectivity index is 2.69. The molecular formula is C6H7ClN2OS. The van der Waals surface area contributed by atoms with Gasteiger partial charge in [0.1, 0.15) is 5.15 Å². The van der Waals surface area contributed by atoms with Crippen LogP contribution in [0.15, 0.2) is 5.38 Å². The summed E-state index contributed by atoms with van der Waals surface area (Å²) in [5.41, 5.74) is 0. The van der Waals surface area contributed by atoms with Crippen LogP contribution in [0, 0.1) is 0 Å². The van der Waals surface area contributed by atoms with Crippen LogP contribution in [-0.4, -0.2) is 17.4 Å². The summed E-state index contributed by atoms with van der Waals surface area (Å²) < 4.78 is 0. The van der Waals surface area contributed by atoms with E-state index in [0.29, 0.717) is 16.7 Å². The Morgan fingerprint density at radius 3 is 3.09 bits per heavy atom. The van der Waals surface area contributed by atoms with Gasteiger partial charge in [-0.25, -0.2) is 4.98 Å². The van der Waals surface area contributed by atoms with Gasteiger partial charge in [-0.3, -0.25) is 4.79 Å². The molecule has 11 heavy (non-hydrogen) atoms. The minimum absolute atomic E-state index is 0.163. The molecule has 0 saturated carbocycles. The van der Waals surface area contributed by atoms with Gasteiger partial charge in [-0.2, -0.15) is 0 Å². The van der Waals surface area contributed by atoms with E-state index in [1.54, 1.807) is 5.38 Å². The van der Waals surface area contributed by atoms with E-state index in [9.17, 15) is 4.79 Å². The molecule has 0 aliphatic carbocycles. The van der Waals surface area contributed by atoms with E-state index in [1.165, 1.54) is 11.3 Å². The first-order valence-corrected chi connectivity index (χ1v) is 4.39. The fourth-order valence-corrected chi connectivity index (χ4v) is 1.45. The molecule has 0 aliphatic rings. The molecule has 60 valence electrons. The van der Waals surface area contributed by atoms with Crippen molar-refractivity contribution in [1.82, 2.24) is 10.3 Å². The Morgan fingerprint density at radius 2 is 2.64 bits per heavy atom. The molecule has 0 spiro atoms. The topological polar surface area (TPSA) is 42.0 Å². The summed E-state index contributed by atoms with van der Waals surface area (Å²) in [7, 11) is 0. The number of carbonyl (C=O) groups is 1. The zero-order valence-corrected chi connectivity index (χ0v) is 7.50. The summed E-state index contributed by atoms with van der Waals surface area (Å²) in [6, 6.07) is 0. The van der Waals surface area contributed by atoms with Gasteiger partial charge in [0.15, 0.2) is 5.01 Å². The number of aromatic nitrogens is 1. The van der Waals surface area contributed by atoms with Crippen molar-refractivity contribution in [3.05, 3.63) is 15.5 Å². The quantitative estimate of drug-likeness (QED) is 0.769. The second kappa shape index (κ2) is 3.69. The molecule has 1 heterocycles. The summed E-state index contributed by atoms with van der Waals surface area (Å²) in [5, 5.41) is 5.04. The Bertz CT molecular complexity index is 261. The molecule has 5 heteroatoms. The number of carbonyl (C=O) groups excluding carboxylic acids is 1. The Morgan fingerprint density at radius 1 is 1.91 bits per heavy atom. The number of nitrogens with zero attached hydrogens (tertiary/aromatic N) is 1. The van der Waals surface area contributed by atoms with E-state index in [-0.39, 0.29) is 5.91 Å². The van der Waals surface area contributed by atoms with E-state index in [4.69, 9.17) is 11.6 Å². The van der Waals surface area contributed by atoms with Crippen LogP contribution in [0.1, 0.15) is 16.7 Å². The number of amides is 1. The van der Waals surface area contributed by atoms with Gasteiger partial charge in [0.25, 0.3) is 5.91 Å². The molecule has 0 atom stereocenters. The van der Waals surface area contributed by atoms with Gasteiger partial charge in [-0.15, -0.1) is 11.3 Å². The van der Waals surface area contributed by atoms with E-state index in [2.05, 4.69) is 10.3 Å². The average molecular weight is 191 g/mol. The van der Waals surface area contributed by atoms with Crippen molar-refractivity contribution in [2.45, 2.75) is 6.92 Å². The van der Waals surface area contributed by atoms with Crippen molar-refractivity contribution in [3.63, 3.8) is 0 Å². The number of rotatable bonds is 2. The molecule has 0 aliphatic heterocycles. The third-order valence-corrected chi connectivity index (χ3v) is 2.17. The highest BCUT2D eigenvalue weighted by Crippen LogP contribution is 2.13. The average Bonchev–Trinajstić information content (AvgIpc) is 2.36. The number of nitrogens with one attached hydrogen (secondary N) is 1. The van der Waals surface area contributed by atoms with E-state index < -0.39 is 0 Å². The fourth-order valence-electron chi connectivity index (χ4n) is 0.595. The molecule has 0 saturated heterocycles. The van der Waals surface area contributed by atoms with E-state index in [0.717, 1.165) is 0 Å². The maximum absolute atomic E-state index is 11.0. The standard InChI is InChI=1S/C6H7ClN2OS/c1-2-8-5(10)6-9-4(7)3-11-6/h3H,2H2,1H3,(H,8,10). The van der Waals surface area contributed by atoms with E-state index in [1.807, 2.05) is 6.92 Å². The van der Waals surface area contributed by atoms with Gasteiger partial charge < -0.3 is 5.32 Å². The van der Waals surface area contributed by atoms with Gasteiger partial charge in [0.05, 0.1) is 0 Å². The molecule has 0 bridgehead atoms. The summed E-state index contributed by atoms with van der Waals surface area (Å²) in [4.78, 5) is 14.8. The predicted octanol–water partition coefficient (Wildman–Crippen LogP) is 1.55. The largest absolute Gasteiger partial charge is 0.350 e. The summed E-state index contributed by atoms with van der Waals surface area (Å²) in [5.74, 6) is -0.163. The van der Waals surface area contributed by atoms with Crippen molar-refractivity contribution in [3.8, 4) is 0 Å². The maximum Gasteiger partial charge on any atom is 0.280 e. The molecule has 1 rings (SSSR count). The molecule has 0 radical (unpaired) electrons. The number of thiazole rings is 1. The van der Waals surface area contributed by atoms with Gasteiger partial charge >= 0.3 is 0 Å². The summed E-state index contributed by atoms with van der Waals surface area (Å²) in [6.45, 7) is 2.46. The smallest absolute Gasteiger partial charge is 0.280 e. The van der Waals surface area contributed by atoms with E-state index >= 15 is 0 Å². The van der Waals surface area contributed by atoms with Crippen molar-refractivity contribution in [2.24, 2.45) is 0 Å². The van der Waals surface area contributed by atoms with Gasteiger partial charge in [0, 0.05) is 11.9 Å². The van der Waals surface area contributed by atoms with Crippen molar-refractivity contribution < 1.29 is 4.79 Å². The fraction of sp³-hybridized carbons (Fsp3) is 0.333. The Kier molecular flexibility index (Phi) is 2.84. The lowest BCUT2D eigenvalue weighted by molar-refractivity contribution is 0.0955. The number of halogens is 1. The number of hydrogen-bond donors (Lipinski definition) is 1. The second-order valence-electron chi connectivity index (χ2n) is 1.83. The normalized spacial score (nSPS) is 9.64. The lowest BCUT2D eigenvalue weighted by Crippen LogP contribution is -2.22. The minimum Gasteiger partial charge on any atom is -0.350 e. The third-order valence-electron chi connectivity index (χ3n) is 1.01. The molecule has 1 amide bonds. The van der Waals surface area contributed by atoms with Crippen LogP contribution in [-0.2, 0) is 0 Å². The second-order valence-corrected chi connectivity index (χ2v) is 3.08. The van der Waals surface area contributed by atoms with Crippen LogP contribution in [0.4, 0.5) is 0 Å². The number of hydrogen-bond acceptors (Lipinski definition) is 3. The highest BCUT2D eigenvalue weighted by molar-refractivity contribution is 7.12. The minimum atomic E-state index is -0.163. The van der Waals surface area contributed by atoms with Crippen LogP contribution >= 0.6 is 22.9 Å². The summed E-state index contributed by atoms with van der Waals surface area (Å²) in [6.07, 6.45) is 0. The first kappa shape index (κ1) is 8.49. The van der Waals surface area contributed by atoms with Gasteiger partial charge in [0.2, 0.25) is 0 Å². The van der Waals surface area contributed by atoms with Crippen molar-refractivity contribution >= 4 is 28.8 Å². The monoisotopic (exact) mass is 190 g/mol. The van der Waals surface area contributed by atoms with Gasteiger partial charge in [-0.1, -0.05) is 11.6 Å². The maximum atomic E-state index is 11.0. The predicted molar refractivity (Wildman–Crippen MR) is 45.1 cm³/mol. The SMILES string of the molecule is CCNC(=O)c1nc(Cl)cs1. The van der Waals surface area contributed by atoms with Crippen LogP contribution in [0.25, 0.3) is 0 Å². The van der Waals surface area contributed by atoms with Crippen LogP contribution in [0.2, 0.25) is 5.15 Å². The van der Waals surface area contributed by atoms with Crippen LogP contribution in [0.3, 0.4) is 0 Å². The molecule has 1 aromatic heterocycles. The first-order valence-electron chi connectivity index (χ1n) is 3.13. The molecule has 0 unspecified atom stereocenters. The zero-order valence-electron chi connectivity index (χ0n) is 5.93. The van der Waals surface area contributed by atoms with Crippen molar-refractivity contribution in [1.29, 1.82) is 0 Å². The first-order chi connectivity index (χ1) is 5.24. The molecule has 3 nitrogen and oxygen atoms in total. The third kappa shape index (κ3) is 2.17. The lowest BCUT2D eigenvalue weighted by atomic mass is 10.6. The zero-order chi connectivity index (χ0) is 8.27. The lowest BCUT2D eigenvalue weighted by Gasteiger charge is -1.94. The van der Waals surface area contributed by atoms with Gasteiger partial charge in [-0.05, 0) is 6.92 Å². The molecule has 0 aromatic carbocycles. The van der Waals surface area contributed by atoms with Crippen molar-refractivity contribution in [2.75, 3.05) is 6.54 Å². The Hall–Kier alpha value is -0.610.